The topological polar surface area (TPSA) is 12.0 Å². The van der Waals surface area contributed by atoms with Gasteiger partial charge in [-0.3, -0.25) is 0 Å². The molecule has 0 heterocycles. The first-order valence-corrected chi connectivity index (χ1v) is 7.22. The standard InChI is InChI=1S/C18H21F2N/c1-13-3-5-14(6-4-13)9-16(12-21-2)10-15-7-8-17(19)18(20)11-15/h3-8,11,16,21H,9-10,12H2,1-2H3. The Morgan fingerprint density at radius 2 is 1.52 bits per heavy atom. The van der Waals surface area contributed by atoms with Crippen molar-refractivity contribution in [1.82, 2.24) is 5.32 Å². The first kappa shape index (κ1) is 15.6. The smallest absolute Gasteiger partial charge is 0.159 e. The molecule has 1 N–H and O–H groups in total. The highest BCUT2D eigenvalue weighted by atomic mass is 19.2. The van der Waals surface area contributed by atoms with Crippen LogP contribution in [-0.2, 0) is 12.8 Å². The Morgan fingerprint density at radius 1 is 0.905 bits per heavy atom. The quantitative estimate of drug-likeness (QED) is 0.850. The van der Waals surface area contributed by atoms with E-state index in [-0.39, 0.29) is 0 Å². The normalized spacial score (nSPS) is 12.4. The second-order valence-electron chi connectivity index (χ2n) is 5.57. The van der Waals surface area contributed by atoms with Crippen LogP contribution < -0.4 is 5.32 Å². The van der Waals surface area contributed by atoms with E-state index in [0.29, 0.717) is 5.92 Å². The van der Waals surface area contributed by atoms with Crippen LogP contribution in [-0.4, -0.2) is 13.6 Å². The first-order valence-electron chi connectivity index (χ1n) is 7.22. The van der Waals surface area contributed by atoms with Crippen LogP contribution >= 0.6 is 0 Å². The minimum Gasteiger partial charge on any atom is -0.319 e. The number of rotatable bonds is 6. The Morgan fingerprint density at radius 3 is 2.14 bits per heavy atom. The summed E-state index contributed by atoms with van der Waals surface area (Å²) >= 11 is 0. The number of nitrogens with one attached hydrogen (secondary N) is 1. The van der Waals surface area contributed by atoms with Gasteiger partial charge in [0.05, 0.1) is 0 Å². The maximum absolute atomic E-state index is 13.3. The minimum atomic E-state index is -0.789. The van der Waals surface area contributed by atoms with E-state index < -0.39 is 11.6 Å². The van der Waals surface area contributed by atoms with E-state index in [1.807, 2.05) is 7.05 Å². The lowest BCUT2D eigenvalue weighted by molar-refractivity contribution is 0.483. The highest BCUT2D eigenvalue weighted by Gasteiger charge is 2.12. The molecule has 1 nitrogen and oxygen atoms in total. The van der Waals surface area contributed by atoms with Crippen LogP contribution in [0.2, 0.25) is 0 Å². The molecule has 3 heteroatoms. The molecular formula is C18H21F2N. The van der Waals surface area contributed by atoms with Crippen LogP contribution in [0.25, 0.3) is 0 Å². The molecule has 0 fully saturated rings. The predicted molar refractivity (Wildman–Crippen MR) is 82.4 cm³/mol. The van der Waals surface area contributed by atoms with E-state index in [0.717, 1.165) is 24.9 Å². The van der Waals surface area contributed by atoms with Crippen LogP contribution in [0.3, 0.4) is 0 Å². The van der Waals surface area contributed by atoms with Gasteiger partial charge in [-0.05, 0) is 62.5 Å². The summed E-state index contributed by atoms with van der Waals surface area (Å²) in [5.41, 5.74) is 3.34. The molecule has 0 aromatic heterocycles. The first-order chi connectivity index (χ1) is 10.1. The Labute approximate surface area is 125 Å². The summed E-state index contributed by atoms with van der Waals surface area (Å²) in [6.07, 6.45) is 1.64. The summed E-state index contributed by atoms with van der Waals surface area (Å²) in [5, 5.41) is 3.18. The Bertz CT molecular complexity index is 578. The molecule has 0 amide bonds. The van der Waals surface area contributed by atoms with Gasteiger partial charge >= 0.3 is 0 Å². The zero-order valence-corrected chi connectivity index (χ0v) is 12.5. The lowest BCUT2D eigenvalue weighted by Gasteiger charge is -2.17. The van der Waals surface area contributed by atoms with Crippen molar-refractivity contribution in [3.63, 3.8) is 0 Å². The molecule has 21 heavy (non-hydrogen) atoms. The van der Waals surface area contributed by atoms with E-state index in [1.165, 1.54) is 23.3 Å². The van der Waals surface area contributed by atoms with Gasteiger partial charge in [0.25, 0.3) is 0 Å². The molecule has 0 aliphatic heterocycles. The fraction of sp³-hybridized carbons (Fsp3) is 0.333. The van der Waals surface area contributed by atoms with E-state index >= 15 is 0 Å². The summed E-state index contributed by atoms with van der Waals surface area (Å²) in [4.78, 5) is 0. The number of hydrogen-bond acceptors (Lipinski definition) is 1. The van der Waals surface area contributed by atoms with Crippen molar-refractivity contribution in [1.29, 1.82) is 0 Å². The molecule has 1 atom stereocenters. The van der Waals surface area contributed by atoms with Crippen LogP contribution in [0.5, 0.6) is 0 Å². The van der Waals surface area contributed by atoms with Crippen LogP contribution in [0.15, 0.2) is 42.5 Å². The molecule has 1 unspecified atom stereocenters. The summed E-state index contributed by atoms with van der Waals surface area (Å²) < 4.78 is 26.3. The zero-order chi connectivity index (χ0) is 15.2. The molecule has 2 aromatic rings. The van der Waals surface area contributed by atoms with Crippen molar-refractivity contribution < 1.29 is 8.78 Å². The second-order valence-corrected chi connectivity index (χ2v) is 5.57. The SMILES string of the molecule is CNCC(Cc1ccc(C)cc1)Cc1ccc(F)c(F)c1. The number of hydrogen-bond donors (Lipinski definition) is 1. The van der Waals surface area contributed by atoms with Gasteiger partial charge in [0.2, 0.25) is 0 Å². The zero-order valence-electron chi connectivity index (χ0n) is 12.5. The van der Waals surface area contributed by atoms with E-state index in [4.69, 9.17) is 0 Å². The Hall–Kier alpha value is -1.74. The van der Waals surface area contributed by atoms with Gasteiger partial charge in [0, 0.05) is 0 Å². The second kappa shape index (κ2) is 7.32. The lowest BCUT2D eigenvalue weighted by Crippen LogP contribution is -2.22. The fourth-order valence-corrected chi connectivity index (χ4v) is 2.56. The average molecular weight is 289 g/mol. The molecule has 112 valence electrons. The van der Waals surface area contributed by atoms with Crippen molar-refractivity contribution in [2.75, 3.05) is 13.6 Å². The number of benzene rings is 2. The number of halogens is 2. The third-order valence-electron chi connectivity index (χ3n) is 3.65. The summed E-state index contributed by atoms with van der Waals surface area (Å²) in [7, 11) is 1.91. The third kappa shape index (κ3) is 4.64. The molecule has 2 rings (SSSR count). The highest BCUT2D eigenvalue weighted by Crippen LogP contribution is 2.17. The van der Waals surface area contributed by atoms with Gasteiger partial charge in [-0.2, -0.15) is 0 Å². The maximum Gasteiger partial charge on any atom is 0.159 e. The van der Waals surface area contributed by atoms with Crippen LogP contribution in [0, 0.1) is 24.5 Å². The highest BCUT2D eigenvalue weighted by molar-refractivity contribution is 5.23. The van der Waals surface area contributed by atoms with Crippen molar-refractivity contribution in [3.8, 4) is 0 Å². The monoisotopic (exact) mass is 289 g/mol. The molecule has 0 saturated heterocycles. The van der Waals surface area contributed by atoms with Gasteiger partial charge in [0.1, 0.15) is 0 Å². The summed E-state index contributed by atoms with van der Waals surface area (Å²) in [5.74, 6) is -1.21. The lowest BCUT2D eigenvalue weighted by atomic mass is 9.92. The molecule has 0 aliphatic carbocycles. The van der Waals surface area contributed by atoms with E-state index in [2.05, 4.69) is 36.5 Å². The van der Waals surface area contributed by atoms with Gasteiger partial charge in [0.15, 0.2) is 11.6 Å². The van der Waals surface area contributed by atoms with Gasteiger partial charge in [-0.15, -0.1) is 0 Å². The largest absolute Gasteiger partial charge is 0.319 e. The Kier molecular flexibility index (Phi) is 5.45. The van der Waals surface area contributed by atoms with Gasteiger partial charge < -0.3 is 5.32 Å². The van der Waals surface area contributed by atoms with Gasteiger partial charge in [-0.25, -0.2) is 8.78 Å². The van der Waals surface area contributed by atoms with E-state index in [1.54, 1.807) is 6.07 Å². The number of aryl methyl sites for hydroxylation is 1. The van der Waals surface area contributed by atoms with Crippen LogP contribution in [0.4, 0.5) is 8.78 Å². The summed E-state index contributed by atoms with van der Waals surface area (Å²) in [6, 6.07) is 12.6. The third-order valence-corrected chi connectivity index (χ3v) is 3.65. The average Bonchev–Trinajstić information content (AvgIpc) is 2.46. The minimum absolute atomic E-state index is 0.350. The molecule has 0 aliphatic rings. The van der Waals surface area contributed by atoms with Crippen LogP contribution in [0.1, 0.15) is 16.7 Å². The van der Waals surface area contributed by atoms with Crippen molar-refractivity contribution in [2.24, 2.45) is 5.92 Å². The Balaban J connectivity index is 2.07. The van der Waals surface area contributed by atoms with Crippen molar-refractivity contribution in [2.45, 2.75) is 19.8 Å². The molecule has 0 bridgehead atoms. The predicted octanol–water partition coefficient (Wildman–Crippen LogP) is 3.89. The molecule has 0 spiro atoms. The molecule has 2 aromatic carbocycles. The van der Waals surface area contributed by atoms with Crippen molar-refractivity contribution in [3.05, 3.63) is 70.8 Å². The van der Waals surface area contributed by atoms with Crippen molar-refractivity contribution >= 4 is 0 Å². The van der Waals surface area contributed by atoms with Gasteiger partial charge in [-0.1, -0.05) is 35.9 Å². The van der Waals surface area contributed by atoms with E-state index in [9.17, 15) is 8.78 Å². The fourth-order valence-electron chi connectivity index (χ4n) is 2.56. The molecular weight excluding hydrogens is 268 g/mol. The molecule has 0 radical (unpaired) electrons. The maximum atomic E-state index is 13.3. The summed E-state index contributed by atoms with van der Waals surface area (Å²) in [6.45, 7) is 2.91. The molecule has 0 saturated carbocycles.